The number of ether oxygens (including phenoxy) is 2. The summed E-state index contributed by atoms with van der Waals surface area (Å²) in [5.41, 5.74) is 0.961. The second-order valence-corrected chi connectivity index (χ2v) is 7.54. The van der Waals surface area contributed by atoms with Crippen molar-refractivity contribution in [2.24, 2.45) is 0 Å². The van der Waals surface area contributed by atoms with Crippen LogP contribution in [0.3, 0.4) is 0 Å². The Morgan fingerprint density at radius 2 is 1.56 bits per heavy atom. The lowest BCUT2D eigenvalue weighted by Crippen LogP contribution is -2.36. The molecule has 0 fully saturated rings. The van der Waals surface area contributed by atoms with Crippen molar-refractivity contribution < 1.29 is 22.7 Å². The van der Waals surface area contributed by atoms with Gasteiger partial charge in [0.15, 0.2) is 0 Å². The Balaban J connectivity index is 2.14. The quantitative estimate of drug-likeness (QED) is 0.659. The van der Waals surface area contributed by atoms with Gasteiger partial charge in [0.05, 0.1) is 18.1 Å². The molecule has 0 aliphatic heterocycles. The molecule has 1 N–H and O–H groups in total. The standard InChI is InChI=1S/C18H23N3O5S/c1-25-13-11-21(12-14-26-2)27(23,24)17-5-3-15(4-6-17)18(22)20-16-7-9-19-10-8-16/h3-10H,11-14H2,1-2H3,(H,19,20,22). The minimum absolute atomic E-state index is 0.107. The lowest BCUT2D eigenvalue weighted by molar-refractivity contribution is 0.102. The summed E-state index contributed by atoms with van der Waals surface area (Å²) >= 11 is 0. The second kappa shape index (κ2) is 10.1. The van der Waals surface area contributed by atoms with E-state index < -0.39 is 10.0 Å². The predicted molar refractivity (Wildman–Crippen MR) is 101 cm³/mol. The highest BCUT2D eigenvalue weighted by atomic mass is 32.2. The molecule has 0 saturated heterocycles. The Labute approximate surface area is 159 Å². The van der Waals surface area contributed by atoms with Crippen molar-refractivity contribution in [2.45, 2.75) is 4.90 Å². The molecule has 0 aliphatic rings. The van der Waals surface area contributed by atoms with Crippen molar-refractivity contribution >= 4 is 21.6 Å². The molecule has 2 rings (SSSR count). The molecule has 1 amide bonds. The van der Waals surface area contributed by atoms with Crippen LogP contribution >= 0.6 is 0 Å². The number of pyridine rings is 1. The monoisotopic (exact) mass is 393 g/mol. The number of carbonyl (C=O) groups excluding carboxylic acids is 1. The van der Waals surface area contributed by atoms with Crippen LogP contribution in [0.25, 0.3) is 0 Å². The molecule has 0 atom stereocenters. The summed E-state index contributed by atoms with van der Waals surface area (Å²) in [5.74, 6) is -0.333. The van der Waals surface area contributed by atoms with Crippen LogP contribution in [0.2, 0.25) is 0 Å². The van der Waals surface area contributed by atoms with Gasteiger partial charge in [-0.2, -0.15) is 4.31 Å². The first-order valence-corrected chi connectivity index (χ1v) is 9.72. The van der Waals surface area contributed by atoms with E-state index in [4.69, 9.17) is 9.47 Å². The molecular weight excluding hydrogens is 370 g/mol. The van der Waals surface area contributed by atoms with E-state index in [2.05, 4.69) is 10.3 Å². The van der Waals surface area contributed by atoms with Gasteiger partial charge in [-0.05, 0) is 36.4 Å². The average molecular weight is 393 g/mol. The maximum Gasteiger partial charge on any atom is 0.255 e. The molecule has 1 aromatic carbocycles. The highest BCUT2D eigenvalue weighted by molar-refractivity contribution is 7.89. The molecule has 8 nitrogen and oxygen atoms in total. The molecule has 0 saturated carbocycles. The molecule has 1 heterocycles. The van der Waals surface area contributed by atoms with Crippen molar-refractivity contribution in [1.82, 2.24) is 9.29 Å². The van der Waals surface area contributed by atoms with E-state index in [1.807, 2.05) is 0 Å². The molecule has 146 valence electrons. The third kappa shape index (κ3) is 5.83. The summed E-state index contributed by atoms with van der Waals surface area (Å²) in [6.07, 6.45) is 3.14. The lowest BCUT2D eigenvalue weighted by Gasteiger charge is -2.21. The van der Waals surface area contributed by atoms with Crippen LogP contribution in [0, 0.1) is 0 Å². The number of sulfonamides is 1. The number of hydrogen-bond donors (Lipinski definition) is 1. The molecule has 0 aliphatic carbocycles. The Bertz CT molecular complexity index is 818. The molecule has 9 heteroatoms. The van der Waals surface area contributed by atoms with E-state index in [1.165, 1.54) is 42.8 Å². The number of methoxy groups -OCH3 is 2. The van der Waals surface area contributed by atoms with Crippen LogP contribution in [0.5, 0.6) is 0 Å². The van der Waals surface area contributed by atoms with E-state index in [0.717, 1.165) is 0 Å². The molecule has 2 aromatic rings. The van der Waals surface area contributed by atoms with Crippen LogP contribution in [0.1, 0.15) is 10.4 Å². The van der Waals surface area contributed by atoms with E-state index in [1.54, 1.807) is 24.5 Å². The van der Waals surface area contributed by atoms with Gasteiger partial charge in [-0.3, -0.25) is 9.78 Å². The SMILES string of the molecule is COCCN(CCOC)S(=O)(=O)c1ccc(C(=O)Nc2ccncc2)cc1. The number of nitrogens with zero attached hydrogens (tertiary/aromatic N) is 2. The van der Waals surface area contributed by atoms with Gasteiger partial charge >= 0.3 is 0 Å². The summed E-state index contributed by atoms with van der Waals surface area (Å²) in [7, 11) is -0.691. The zero-order valence-electron chi connectivity index (χ0n) is 15.3. The molecule has 0 bridgehead atoms. The van der Waals surface area contributed by atoms with Gasteiger partial charge in [0.25, 0.3) is 5.91 Å². The van der Waals surface area contributed by atoms with Gasteiger partial charge in [-0.15, -0.1) is 0 Å². The van der Waals surface area contributed by atoms with Crippen molar-refractivity contribution in [3.63, 3.8) is 0 Å². The largest absolute Gasteiger partial charge is 0.383 e. The fraction of sp³-hybridized carbons (Fsp3) is 0.333. The number of amides is 1. The highest BCUT2D eigenvalue weighted by Gasteiger charge is 2.24. The minimum atomic E-state index is -3.71. The van der Waals surface area contributed by atoms with Crippen LogP contribution in [-0.2, 0) is 19.5 Å². The lowest BCUT2D eigenvalue weighted by atomic mass is 10.2. The van der Waals surface area contributed by atoms with Gasteiger partial charge < -0.3 is 14.8 Å². The van der Waals surface area contributed by atoms with E-state index in [0.29, 0.717) is 11.3 Å². The molecule has 27 heavy (non-hydrogen) atoms. The van der Waals surface area contributed by atoms with Crippen LogP contribution in [0.4, 0.5) is 5.69 Å². The van der Waals surface area contributed by atoms with E-state index in [-0.39, 0.29) is 37.1 Å². The number of nitrogens with one attached hydrogen (secondary N) is 1. The summed E-state index contributed by atoms with van der Waals surface area (Å²) in [6, 6.07) is 9.13. The summed E-state index contributed by atoms with van der Waals surface area (Å²) < 4.78 is 36.9. The molecule has 1 aromatic heterocycles. The van der Waals surface area contributed by atoms with Crippen molar-refractivity contribution in [3.8, 4) is 0 Å². The zero-order valence-corrected chi connectivity index (χ0v) is 16.1. The molecule has 0 unspecified atom stereocenters. The molecule has 0 spiro atoms. The minimum Gasteiger partial charge on any atom is -0.383 e. The van der Waals surface area contributed by atoms with Gasteiger partial charge in [0.1, 0.15) is 0 Å². The van der Waals surface area contributed by atoms with E-state index >= 15 is 0 Å². The smallest absolute Gasteiger partial charge is 0.255 e. The normalized spacial score (nSPS) is 11.5. The molecule has 0 radical (unpaired) electrons. The third-order valence-electron chi connectivity index (χ3n) is 3.78. The van der Waals surface area contributed by atoms with E-state index in [9.17, 15) is 13.2 Å². The summed E-state index contributed by atoms with van der Waals surface area (Å²) in [4.78, 5) is 16.3. The first-order chi connectivity index (χ1) is 13.0. The Morgan fingerprint density at radius 3 is 2.07 bits per heavy atom. The zero-order chi connectivity index (χ0) is 19.7. The molecular formula is C18H23N3O5S. The highest BCUT2D eigenvalue weighted by Crippen LogP contribution is 2.17. The number of anilines is 1. The van der Waals surface area contributed by atoms with Crippen molar-refractivity contribution in [3.05, 3.63) is 54.4 Å². The maximum absolute atomic E-state index is 12.8. The van der Waals surface area contributed by atoms with Gasteiger partial charge in [-0.25, -0.2) is 8.42 Å². The van der Waals surface area contributed by atoms with Gasteiger partial charge in [0, 0.05) is 51.0 Å². The number of carbonyl (C=O) groups is 1. The number of rotatable bonds is 10. The summed E-state index contributed by atoms with van der Waals surface area (Å²) in [5, 5.41) is 2.72. The van der Waals surface area contributed by atoms with Crippen LogP contribution in [-0.4, -0.2) is 64.1 Å². The van der Waals surface area contributed by atoms with Gasteiger partial charge in [0.2, 0.25) is 10.0 Å². The number of benzene rings is 1. The fourth-order valence-corrected chi connectivity index (χ4v) is 3.71. The number of aromatic nitrogens is 1. The predicted octanol–water partition coefficient (Wildman–Crippen LogP) is 1.62. The van der Waals surface area contributed by atoms with Crippen LogP contribution in [0.15, 0.2) is 53.7 Å². The second-order valence-electron chi connectivity index (χ2n) is 5.60. The number of hydrogen-bond acceptors (Lipinski definition) is 6. The maximum atomic E-state index is 12.8. The first-order valence-electron chi connectivity index (χ1n) is 8.28. The first kappa shape index (κ1) is 21.0. The topological polar surface area (TPSA) is 97.8 Å². The average Bonchev–Trinajstić information content (AvgIpc) is 2.68. The Hall–Kier alpha value is -2.33. The van der Waals surface area contributed by atoms with Crippen molar-refractivity contribution in [1.29, 1.82) is 0 Å². The Kier molecular flexibility index (Phi) is 7.86. The summed E-state index contributed by atoms with van der Waals surface area (Å²) in [6.45, 7) is 0.976. The van der Waals surface area contributed by atoms with Gasteiger partial charge in [-0.1, -0.05) is 0 Å². The van der Waals surface area contributed by atoms with Crippen molar-refractivity contribution in [2.75, 3.05) is 45.8 Å². The third-order valence-corrected chi connectivity index (χ3v) is 5.69. The van der Waals surface area contributed by atoms with Crippen LogP contribution < -0.4 is 5.32 Å². The fourth-order valence-electron chi connectivity index (χ4n) is 2.30. The Morgan fingerprint density at radius 1 is 1.00 bits per heavy atom.